The molecule has 0 radical (unpaired) electrons. The number of nitrogens with zero attached hydrogens (tertiary/aromatic N) is 3. The van der Waals surface area contributed by atoms with Gasteiger partial charge in [0.05, 0.1) is 4.90 Å². The van der Waals surface area contributed by atoms with Gasteiger partial charge in [-0.1, -0.05) is 47.6 Å². The molecule has 1 aliphatic heterocycles. The standard InChI is InChI=1S/C24H23N3O4S/c1-17-7-12-22(30-17)23-25-24(31-26-23)20-13-15-27(16-14-20)32(28,29)21-10-8-19(9-11-21)18-5-3-2-4-6-18/h2-12,20H,13-16H2,1H3. The molecular formula is C24H23N3O4S. The zero-order valence-electron chi connectivity index (χ0n) is 17.6. The van der Waals surface area contributed by atoms with Gasteiger partial charge in [0.15, 0.2) is 5.76 Å². The zero-order valence-corrected chi connectivity index (χ0v) is 18.5. The molecule has 0 saturated carbocycles. The van der Waals surface area contributed by atoms with Gasteiger partial charge in [-0.3, -0.25) is 0 Å². The number of hydrogen-bond donors (Lipinski definition) is 0. The van der Waals surface area contributed by atoms with Gasteiger partial charge < -0.3 is 8.94 Å². The van der Waals surface area contributed by atoms with Crippen LogP contribution in [0.15, 0.2) is 80.6 Å². The molecule has 5 rings (SSSR count). The smallest absolute Gasteiger partial charge is 0.243 e. The molecule has 0 N–H and O–H groups in total. The fraction of sp³-hybridized carbons (Fsp3) is 0.250. The third kappa shape index (κ3) is 3.99. The van der Waals surface area contributed by atoms with Crippen molar-refractivity contribution in [3.05, 3.63) is 78.4 Å². The SMILES string of the molecule is Cc1ccc(-c2noc(C3CCN(S(=O)(=O)c4ccc(-c5ccccc5)cc4)CC3)n2)o1. The maximum absolute atomic E-state index is 13.1. The summed E-state index contributed by atoms with van der Waals surface area (Å²) in [6.45, 7) is 2.67. The van der Waals surface area contributed by atoms with E-state index in [4.69, 9.17) is 8.94 Å². The molecule has 0 amide bonds. The van der Waals surface area contributed by atoms with E-state index in [1.54, 1.807) is 12.1 Å². The van der Waals surface area contributed by atoms with Crippen LogP contribution in [0.25, 0.3) is 22.7 Å². The van der Waals surface area contributed by atoms with Crippen LogP contribution < -0.4 is 0 Å². The molecule has 0 spiro atoms. The molecule has 164 valence electrons. The maximum atomic E-state index is 13.1. The highest BCUT2D eigenvalue weighted by atomic mass is 32.2. The van der Waals surface area contributed by atoms with Crippen LogP contribution in [-0.4, -0.2) is 36.0 Å². The van der Waals surface area contributed by atoms with E-state index >= 15 is 0 Å². The molecule has 32 heavy (non-hydrogen) atoms. The lowest BCUT2D eigenvalue weighted by atomic mass is 9.98. The largest absolute Gasteiger partial charge is 0.458 e. The minimum absolute atomic E-state index is 0.0271. The van der Waals surface area contributed by atoms with E-state index in [9.17, 15) is 8.42 Å². The van der Waals surface area contributed by atoms with E-state index in [2.05, 4.69) is 10.1 Å². The molecule has 1 saturated heterocycles. The van der Waals surface area contributed by atoms with Crippen molar-refractivity contribution < 1.29 is 17.4 Å². The summed E-state index contributed by atoms with van der Waals surface area (Å²) in [6, 6.07) is 20.6. The van der Waals surface area contributed by atoms with E-state index < -0.39 is 10.0 Å². The highest BCUT2D eigenvalue weighted by Crippen LogP contribution is 2.32. The van der Waals surface area contributed by atoms with Crippen LogP contribution in [0.2, 0.25) is 0 Å². The Morgan fingerprint density at radius 3 is 2.25 bits per heavy atom. The molecule has 0 bridgehead atoms. The van der Waals surface area contributed by atoms with Crippen molar-refractivity contribution >= 4 is 10.0 Å². The van der Waals surface area contributed by atoms with Gasteiger partial charge in [0.25, 0.3) is 0 Å². The fourth-order valence-corrected chi connectivity index (χ4v) is 5.47. The van der Waals surface area contributed by atoms with Crippen LogP contribution in [0.3, 0.4) is 0 Å². The van der Waals surface area contributed by atoms with Crippen LogP contribution in [0.4, 0.5) is 0 Å². The Labute approximate surface area is 186 Å². The van der Waals surface area contributed by atoms with Gasteiger partial charge in [0.1, 0.15) is 5.76 Å². The normalized spacial score (nSPS) is 15.8. The number of rotatable bonds is 5. The maximum Gasteiger partial charge on any atom is 0.243 e. The van der Waals surface area contributed by atoms with Crippen molar-refractivity contribution in [2.24, 2.45) is 0 Å². The summed E-state index contributed by atoms with van der Waals surface area (Å²) in [4.78, 5) is 4.77. The molecule has 0 unspecified atom stereocenters. The summed E-state index contributed by atoms with van der Waals surface area (Å²) in [6.07, 6.45) is 1.25. The first kappa shape index (κ1) is 20.7. The monoisotopic (exact) mass is 449 g/mol. The Morgan fingerprint density at radius 1 is 0.906 bits per heavy atom. The predicted octanol–water partition coefficient (Wildman–Crippen LogP) is 4.87. The number of aromatic nitrogens is 2. The molecule has 2 aromatic carbocycles. The number of sulfonamides is 1. The highest BCUT2D eigenvalue weighted by molar-refractivity contribution is 7.89. The van der Waals surface area contributed by atoms with Crippen LogP contribution in [0.5, 0.6) is 0 Å². The highest BCUT2D eigenvalue weighted by Gasteiger charge is 2.32. The molecule has 8 heteroatoms. The molecule has 1 fully saturated rings. The Balaban J connectivity index is 1.26. The fourth-order valence-electron chi connectivity index (χ4n) is 4.00. The number of benzene rings is 2. The summed E-state index contributed by atoms with van der Waals surface area (Å²) < 4.78 is 38.8. The summed E-state index contributed by atoms with van der Waals surface area (Å²) in [5, 5.41) is 4.01. The lowest BCUT2D eigenvalue weighted by Crippen LogP contribution is -2.37. The topological polar surface area (TPSA) is 89.4 Å². The van der Waals surface area contributed by atoms with Gasteiger partial charge in [-0.05, 0) is 55.2 Å². The molecule has 1 aliphatic rings. The third-order valence-corrected chi connectivity index (χ3v) is 7.72. The van der Waals surface area contributed by atoms with Crippen molar-refractivity contribution in [1.82, 2.24) is 14.4 Å². The van der Waals surface area contributed by atoms with Crippen molar-refractivity contribution in [3.63, 3.8) is 0 Å². The van der Waals surface area contributed by atoms with Crippen molar-refractivity contribution in [3.8, 4) is 22.7 Å². The van der Waals surface area contributed by atoms with Crippen molar-refractivity contribution in [2.75, 3.05) is 13.1 Å². The summed E-state index contributed by atoms with van der Waals surface area (Å²) in [7, 11) is -3.55. The number of piperidine rings is 1. The second kappa shape index (κ2) is 8.37. The molecule has 0 atom stereocenters. The van der Waals surface area contributed by atoms with Crippen LogP contribution in [0, 0.1) is 6.92 Å². The molecular weight excluding hydrogens is 426 g/mol. The zero-order chi connectivity index (χ0) is 22.1. The van der Waals surface area contributed by atoms with Gasteiger partial charge in [0, 0.05) is 19.0 Å². The Bertz CT molecular complexity index is 1300. The average Bonchev–Trinajstić information content (AvgIpc) is 3.49. The van der Waals surface area contributed by atoms with E-state index in [0.717, 1.165) is 16.9 Å². The van der Waals surface area contributed by atoms with E-state index in [-0.39, 0.29) is 5.92 Å². The van der Waals surface area contributed by atoms with Crippen LogP contribution >= 0.6 is 0 Å². The summed E-state index contributed by atoms with van der Waals surface area (Å²) in [5.41, 5.74) is 2.04. The number of furan rings is 1. The van der Waals surface area contributed by atoms with E-state index in [0.29, 0.717) is 48.3 Å². The minimum Gasteiger partial charge on any atom is -0.458 e. The molecule has 4 aromatic rings. The molecule has 7 nitrogen and oxygen atoms in total. The number of hydrogen-bond acceptors (Lipinski definition) is 6. The lowest BCUT2D eigenvalue weighted by Gasteiger charge is -2.29. The predicted molar refractivity (Wildman–Crippen MR) is 119 cm³/mol. The Morgan fingerprint density at radius 2 is 1.59 bits per heavy atom. The molecule has 0 aliphatic carbocycles. The first-order valence-corrected chi connectivity index (χ1v) is 12.0. The summed E-state index contributed by atoms with van der Waals surface area (Å²) >= 11 is 0. The molecule has 3 heterocycles. The van der Waals surface area contributed by atoms with Crippen molar-refractivity contribution in [1.29, 1.82) is 0 Å². The van der Waals surface area contributed by atoms with E-state index in [1.165, 1.54) is 4.31 Å². The molecule has 2 aromatic heterocycles. The van der Waals surface area contributed by atoms with Gasteiger partial charge in [0.2, 0.25) is 21.7 Å². The van der Waals surface area contributed by atoms with Gasteiger partial charge in [-0.25, -0.2) is 8.42 Å². The van der Waals surface area contributed by atoms with Crippen molar-refractivity contribution in [2.45, 2.75) is 30.6 Å². The first-order chi connectivity index (χ1) is 15.5. The second-order valence-corrected chi connectivity index (χ2v) is 9.87. The number of aryl methyl sites for hydroxylation is 1. The van der Waals surface area contributed by atoms with E-state index in [1.807, 2.05) is 61.5 Å². The Kier molecular flexibility index (Phi) is 5.40. The van der Waals surface area contributed by atoms with Gasteiger partial charge >= 0.3 is 0 Å². The minimum atomic E-state index is -3.55. The third-order valence-electron chi connectivity index (χ3n) is 5.80. The van der Waals surface area contributed by atoms with Gasteiger partial charge in [-0.15, -0.1) is 0 Å². The lowest BCUT2D eigenvalue weighted by molar-refractivity contribution is 0.270. The quantitative estimate of drug-likeness (QED) is 0.432. The van der Waals surface area contributed by atoms with Gasteiger partial charge in [-0.2, -0.15) is 9.29 Å². The first-order valence-electron chi connectivity index (χ1n) is 10.6. The second-order valence-electron chi connectivity index (χ2n) is 7.94. The summed E-state index contributed by atoms with van der Waals surface area (Å²) in [5.74, 6) is 2.32. The van der Waals surface area contributed by atoms with Crippen LogP contribution in [0.1, 0.15) is 30.4 Å². The Hall–Kier alpha value is -3.23. The average molecular weight is 450 g/mol. The van der Waals surface area contributed by atoms with Crippen LogP contribution in [-0.2, 0) is 10.0 Å².